The minimum absolute atomic E-state index is 0.244. The van der Waals surface area contributed by atoms with E-state index in [0.29, 0.717) is 46.3 Å². The molecule has 27 heavy (non-hydrogen) atoms. The molecule has 4 heterocycles. The lowest BCUT2D eigenvalue weighted by atomic mass is 10.1. The number of carbonyl (C=O) groups is 1. The minimum atomic E-state index is -0.928. The molecule has 0 saturated heterocycles. The monoisotopic (exact) mass is 366 g/mol. The van der Waals surface area contributed by atoms with Gasteiger partial charge in [-0.15, -0.1) is 0 Å². The van der Waals surface area contributed by atoms with Gasteiger partial charge in [0.25, 0.3) is 5.91 Å². The number of amides is 1. The van der Waals surface area contributed by atoms with Crippen LogP contribution in [0.15, 0.2) is 28.9 Å². The maximum Gasteiger partial charge on any atom is 0.269 e. The second-order valence-corrected chi connectivity index (χ2v) is 7.18. The van der Waals surface area contributed by atoms with Crippen molar-refractivity contribution in [2.75, 3.05) is 16.0 Å². The fourth-order valence-corrected chi connectivity index (χ4v) is 2.82. The Bertz CT molecular complexity index is 1060. The highest BCUT2D eigenvalue weighted by Gasteiger charge is 2.36. The zero-order valence-electron chi connectivity index (χ0n) is 14.9. The van der Waals surface area contributed by atoms with Crippen molar-refractivity contribution < 1.29 is 13.9 Å². The number of fused-ring (bicyclic) bond motifs is 2. The Morgan fingerprint density at radius 1 is 1.19 bits per heavy atom. The van der Waals surface area contributed by atoms with Crippen LogP contribution in [0.2, 0.25) is 0 Å². The van der Waals surface area contributed by atoms with Gasteiger partial charge in [-0.1, -0.05) is 0 Å². The first kappa shape index (κ1) is 15.9. The van der Waals surface area contributed by atoms with Gasteiger partial charge in [-0.3, -0.25) is 4.79 Å². The Balaban J connectivity index is 1.45. The van der Waals surface area contributed by atoms with E-state index in [1.165, 1.54) is 0 Å². The third-order valence-electron chi connectivity index (χ3n) is 4.46. The van der Waals surface area contributed by atoms with E-state index in [2.05, 4.69) is 30.9 Å². The highest BCUT2D eigenvalue weighted by molar-refractivity contribution is 5.99. The van der Waals surface area contributed by atoms with Gasteiger partial charge in [-0.25, -0.2) is 9.97 Å². The third kappa shape index (κ3) is 2.90. The van der Waals surface area contributed by atoms with Gasteiger partial charge in [0.05, 0.1) is 6.26 Å². The van der Waals surface area contributed by atoms with E-state index in [9.17, 15) is 4.79 Å². The number of nitrogens with one attached hydrogen (secondary N) is 3. The van der Waals surface area contributed by atoms with E-state index in [4.69, 9.17) is 9.15 Å². The van der Waals surface area contributed by atoms with E-state index in [0.717, 1.165) is 12.8 Å². The molecule has 5 rings (SSSR count). The maximum atomic E-state index is 12.1. The van der Waals surface area contributed by atoms with Gasteiger partial charge in [-0.05, 0) is 38.8 Å². The van der Waals surface area contributed by atoms with E-state index < -0.39 is 5.60 Å². The van der Waals surface area contributed by atoms with Crippen LogP contribution in [0, 0.1) is 0 Å². The Labute approximate surface area is 154 Å². The van der Waals surface area contributed by atoms with Crippen molar-refractivity contribution in [1.29, 1.82) is 0 Å². The Hall–Kier alpha value is -3.36. The van der Waals surface area contributed by atoms with Crippen LogP contribution in [0.5, 0.6) is 5.75 Å². The number of aromatic nitrogens is 3. The Kier molecular flexibility index (Phi) is 3.27. The van der Waals surface area contributed by atoms with Crippen LogP contribution in [-0.2, 0) is 4.79 Å². The minimum Gasteiger partial charge on any atom is -0.474 e. The molecule has 0 radical (unpaired) electrons. The molecule has 138 valence electrons. The second kappa shape index (κ2) is 5.57. The summed E-state index contributed by atoms with van der Waals surface area (Å²) >= 11 is 0. The Morgan fingerprint density at radius 3 is 2.85 bits per heavy atom. The van der Waals surface area contributed by atoms with Crippen LogP contribution >= 0.6 is 0 Å². The molecule has 0 unspecified atom stereocenters. The van der Waals surface area contributed by atoms with Gasteiger partial charge in [0.1, 0.15) is 11.3 Å². The standard InChI is InChI=1S/C18H18N6O3/c1-18(2)16(25)23-14-11(27-18)5-6-12(21-14)22-17-20-10-7-8-26-13(10)15(24-17)19-9-3-4-9/h5-9H,3-4H2,1-2H3,(H3,19,20,21,22,23,24,25). The third-order valence-corrected chi connectivity index (χ3v) is 4.46. The molecule has 3 N–H and O–H groups in total. The first-order valence-electron chi connectivity index (χ1n) is 8.78. The molecule has 1 aliphatic heterocycles. The molecule has 9 nitrogen and oxygen atoms in total. The van der Waals surface area contributed by atoms with Gasteiger partial charge in [-0.2, -0.15) is 4.98 Å². The van der Waals surface area contributed by atoms with E-state index in [-0.39, 0.29) is 5.91 Å². The maximum absolute atomic E-state index is 12.1. The number of rotatable bonds is 4. The molecular formula is C18H18N6O3. The molecule has 0 aromatic carbocycles. The van der Waals surface area contributed by atoms with Gasteiger partial charge in [0, 0.05) is 12.1 Å². The lowest BCUT2D eigenvalue weighted by Gasteiger charge is -2.30. The predicted molar refractivity (Wildman–Crippen MR) is 99.3 cm³/mol. The molecule has 1 amide bonds. The number of carbonyl (C=O) groups excluding carboxylic acids is 1. The van der Waals surface area contributed by atoms with Crippen LogP contribution in [0.3, 0.4) is 0 Å². The summed E-state index contributed by atoms with van der Waals surface area (Å²) in [5, 5.41) is 9.20. The number of anilines is 4. The fourth-order valence-electron chi connectivity index (χ4n) is 2.82. The first-order valence-corrected chi connectivity index (χ1v) is 8.78. The van der Waals surface area contributed by atoms with Crippen molar-refractivity contribution in [2.24, 2.45) is 0 Å². The van der Waals surface area contributed by atoms with Crippen LogP contribution in [-0.4, -0.2) is 32.5 Å². The van der Waals surface area contributed by atoms with Crippen molar-refractivity contribution >= 4 is 40.4 Å². The predicted octanol–water partition coefficient (Wildman–Crippen LogP) is 3.05. The van der Waals surface area contributed by atoms with Crippen LogP contribution in [0.4, 0.5) is 23.4 Å². The molecule has 0 spiro atoms. The normalized spacial score (nSPS) is 17.8. The lowest BCUT2D eigenvalue weighted by molar-refractivity contribution is -0.129. The topological polar surface area (TPSA) is 114 Å². The van der Waals surface area contributed by atoms with Crippen molar-refractivity contribution in [2.45, 2.75) is 38.3 Å². The molecule has 0 bridgehead atoms. The van der Waals surface area contributed by atoms with Crippen molar-refractivity contribution in [3.8, 4) is 5.75 Å². The average molecular weight is 366 g/mol. The molecule has 1 aliphatic carbocycles. The number of ether oxygens (including phenoxy) is 1. The summed E-state index contributed by atoms with van der Waals surface area (Å²) in [7, 11) is 0. The van der Waals surface area contributed by atoms with Crippen molar-refractivity contribution in [3.63, 3.8) is 0 Å². The molecule has 9 heteroatoms. The summed E-state index contributed by atoms with van der Waals surface area (Å²) in [5.41, 5.74) is 0.406. The van der Waals surface area contributed by atoms with Gasteiger partial charge >= 0.3 is 0 Å². The summed E-state index contributed by atoms with van der Waals surface area (Å²) in [5.74, 6) is 2.19. The molecule has 0 atom stereocenters. The highest BCUT2D eigenvalue weighted by Crippen LogP contribution is 2.34. The first-order chi connectivity index (χ1) is 13.0. The number of furan rings is 1. The van der Waals surface area contributed by atoms with Crippen molar-refractivity contribution in [3.05, 3.63) is 24.5 Å². The average Bonchev–Trinajstić information content (AvgIpc) is 3.30. The molecule has 2 aliphatic rings. The van der Waals surface area contributed by atoms with Crippen LogP contribution < -0.4 is 20.7 Å². The summed E-state index contributed by atoms with van der Waals surface area (Å²) in [6.07, 6.45) is 3.84. The molecule has 3 aromatic heterocycles. The van der Waals surface area contributed by atoms with Gasteiger partial charge in [0.2, 0.25) is 5.95 Å². The SMILES string of the molecule is CC1(C)Oc2ccc(Nc3nc(NC4CC4)c4occc4n3)nc2NC1=O. The summed E-state index contributed by atoms with van der Waals surface area (Å²) in [6, 6.07) is 5.73. The quantitative estimate of drug-likeness (QED) is 0.645. The molecule has 1 fully saturated rings. The number of hydrogen-bond donors (Lipinski definition) is 3. The summed E-state index contributed by atoms with van der Waals surface area (Å²) in [6.45, 7) is 3.42. The number of hydrogen-bond acceptors (Lipinski definition) is 8. The largest absolute Gasteiger partial charge is 0.474 e. The van der Waals surface area contributed by atoms with E-state index in [1.807, 2.05) is 0 Å². The highest BCUT2D eigenvalue weighted by atomic mass is 16.5. The fraction of sp³-hybridized carbons (Fsp3) is 0.333. The Morgan fingerprint density at radius 2 is 2.04 bits per heavy atom. The number of pyridine rings is 1. The molecular weight excluding hydrogens is 348 g/mol. The van der Waals surface area contributed by atoms with E-state index in [1.54, 1.807) is 38.3 Å². The number of nitrogens with zero attached hydrogens (tertiary/aromatic N) is 3. The summed E-state index contributed by atoms with van der Waals surface area (Å²) < 4.78 is 11.2. The smallest absolute Gasteiger partial charge is 0.269 e. The van der Waals surface area contributed by atoms with E-state index >= 15 is 0 Å². The van der Waals surface area contributed by atoms with Crippen LogP contribution in [0.25, 0.3) is 11.1 Å². The molecule has 1 saturated carbocycles. The van der Waals surface area contributed by atoms with Gasteiger partial charge in [0.15, 0.2) is 28.6 Å². The van der Waals surface area contributed by atoms with Crippen LogP contribution in [0.1, 0.15) is 26.7 Å². The second-order valence-electron chi connectivity index (χ2n) is 7.18. The zero-order valence-corrected chi connectivity index (χ0v) is 14.9. The molecule has 3 aromatic rings. The summed E-state index contributed by atoms with van der Waals surface area (Å²) in [4.78, 5) is 25.4. The van der Waals surface area contributed by atoms with Gasteiger partial charge < -0.3 is 25.1 Å². The lowest BCUT2D eigenvalue weighted by Crippen LogP contribution is -2.46. The zero-order chi connectivity index (χ0) is 18.6. The van der Waals surface area contributed by atoms with Crippen molar-refractivity contribution in [1.82, 2.24) is 15.0 Å².